The number of rotatable bonds is 5. The number of fused-ring (bicyclic) bond motifs is 1. The van der Waals surface area contributed by atoms with Gasteiger partial charge in [-0.15, -0.1) is 0 Å². The number of hydrogen-bond acceptors (Lipinski definition) is 4. The van der Waals surface area contributed by atoms with Crippen molar-refractivity contribution in [2.75, 3.05) is 13.1 Å². The molecule has 144 valence electrons. The Balaban J connectivity index is 1.39. The lowest BCUT2D eigenvalue weighted by atomic mass is 9.88. The Kier molecular flexibility index (Phi) is 4.89. The van der Waals surface area contributed by atoms with Crippen molar-refractivity contribution in [3.05, 3.63) is 30.2 Å². The highest BCUT2D eigenvalue weighted by Gasteiger charge is 2.37. The second kappa shape index (κ2) is 7.33. The van der Waals surface area contributed by atoms with E-state index in [1.807, 2.05) is 29.2 Å². The van der Waals surface area contributed by atoms with Gasteiger partial charge in [-0.2, -0.15) is 0 Å². The van der Waals surface area contributed by atoms with Crippen LogP contribution < -0.4 is 5.32 Å². The van der Waals surface area contributed by atoms with Crippen molar-refractivity contribution in [2.45, 2.75) is 63.3 Å². The maximum absolute atomic E-state index is 12.8. The summed E-state index contributed by atoms with van der Waals surface area (Å²) in [4.78, 5) is 31.0. The number of hydrogen-bond donors (Lipinski definition) is 1. The summed E-state index contributed by atoms with van der Waals surface area (Å²) < 4.78 is 5.93. The number of amides is 2. The molecular formula is C21H27N3O3. The lowest BCUT2D eigenvalue weighted by Gasteiger charge is -2.33. The lowest BCUT2D eigenvalue weighted by molar-refractivity contribution is -0.133. The van der Waals surface area contributed by atoms with Crippen molar-refractivity contribution in [2.24, 2.45) is 0 Å². The smallest absolute Gasteiger partial charge is 0.222 e. The van der Waals surface area contributed by atoms with E-state index in [-0.39, 0.29) is 23.3 Å². The highest BCUT2D eigenvalue weighted by atomic mass is 16.3. The van der Waals surface area contributed by atoms with Crippen LogP contribution >= 0.6 is 0 Å². The molecule has 27 heavy (non-hydrogen) atoms. The van der Waals surface area contributed by atoms with Crippen LogP contribution in [-0.2, 0) is 9.59 Å². The molecule has 0 aliphatic carbocycles. The fourth-order valence-corrected chi connectivity index (χ4v) is 4.38. The van der Waals surface area contributed by atoms with Crippen LogP contribution in [0.3, 0.4) is 0 Å². The van der Waals surface area contributed by atoms with Gasteiger partial charge < -0.3 is 14.6 Å². The van der Waals surface area contributed by atoms with Gasteiger partial charge in [0.15, 0.2) is 11.5 Å². The number of nitrogens with zero attached hydrogens (tertiary/aromatic N) is 2. The van der Waals surface area contributed by atoms with Gasteiger partial charge >= 0.3 is 0 Å². The second-order valence-electron chi connectivity index (χ2n) is 7.88. The molecule has 2 aliphatic rings. The highest BCUT2D eigenvalue weighted by molar-refractivity contribution is 5.80. The van der Waals surface area contributed by atoms with Crippen LogP contribution in [0.2, 0.25) is 0 Å². The Morgan fingerprint density at radius 2 is 2.26 bits per heavy atom. The number of para-hydroxylation sites is 2. The maximum atomic E-state index is 12.8. The molecule has 3 heterocycles. The number of oxazole rings is 1. The Morgan fingerprint density at radius 3 is 3.00 bits per heavy atom. The molecule has 1 aromatic heterocycles. The van der Waals surface area contributed by atoms with Gasteiger partial charge in [-0.1, -0.05) is 19.1 Å². The molecule has 2 aliphatic heterocycles. The molecule has 2 unspecified atom stereocenters. The first kappa shape index (κ1) is 18.0. The minimum absolute atomic E-state index is 0.110. The van der Waals surface area contributed by atoms with E-state index in [1.54, 1.807) is 0 Å². The number of benzene rings is 1. The van der Waals surface area contributed by atoms with Gasteiger partial charge in [0.1, 0.15) is 5.52 Å². The molecule has 1 N–H and O–H groups in total. The van der Waals surface area contributed by atoms with Crippen molar-refractivity contribution in [3.63, 3.8) is 0 Å². The predicted octanol–water partition coefficient (Wildman–Crippen LogP) is 3.37. The molecule has 0 bridgehead atoms. The van der Waals surface area contributed by atoms with E-state index in [0.717, 1.165) is 55.6 Å². The van der Waals surface area contributed by atoms with E-state index in [1.165, 1.54) is 0 Å². The van der Waals surface area contributed by atoms with Crippen molar-refractivity contribution in [1.82, 2.24) is 15.2 Å². The quantitative estimate of drug-likeness (QED) is 0.877. The predicted molar refractivity (Wildman–Crippen MR) is 102 cm³/mol. The van der Waals surface area contributed by atoms with E-state index in [2.05, 4.69) is 17.2 Å². The van der Waals surface area contributed by atoms with E-state index in [0.29, 0.717) is 19.4 Å². The van der Waals surface area contributed by atoms with Crippen LogP contribution in [0.15, 0.2) is 28.7 Å². The molecule has 0 spiro atoms. The first-order valence-electron chi connectivity index (χ1n) is 10.0. The van der Waals surface area contributed by atoms with Crippen LogP contribution in [0, 0.1) is 0 Å². The molecule has 2 aromatic rings. The fourth-order valence-electron chi connectivity index (χ4n) is 4.38. The largest absolute Gasteiger partial charge is 0.440 e. The van der Waals surface area contributed by atoms with Gasteiger partial charge in [-0.25, -0.2) is 4.98 Å². The van der Waals surface area contributed by atoms with Crippen LogP contribution in [0.4, 0.5) is 0 Å². The molecule has 6 nitrogen and oxygen atoms in total. The van der Waals surface area contributed by atoms with Gasteiger partial charge in [-0.05, 0) is 44.2 Å². The number of nitrogens with one attached hydrogen (secondary N) is 1. The van der Waals surface area contributed by atoms with Gasteiger partial charge in [0.05, 0.1) is 5.92 Å². The minimum Gasteiger partial charge on any atom is -0.440 e. The van der Waals surface area contributed by atoms with E-state index in [9.17, 15) is 9.59 Å². The number of carbonyl (C=O) groups is 2. The molecule has 2 fully saturated rings. The summed E-state index contributed by atoms with van der Waals surface area (Å²) in [6.45, 7) is 3.54. The summed E-state index contributed by atoms with van der Waals surface area (Å²) in [5.41, 5.74) is 1.48. The number of likely N-dealkylation sites (tertiary alicyclic amines) is 1. The van der Waals surface area contributed by atoms with Gasteiger partial charge in [0.2, 0.25) is 11.8 Å². The monoisotopic (exact) mass is 369 g/mol. The zero-order chi connectivity index (χ0) is 18.9. The molecule has 0 saturated carbocycles. The first-order chi connectivity index (χ1) is 13.1. The number of aromatic nitrogens is 1. The Morgan fingerprint density at radius 1 is 1.41 bits per heavy atom. The van der Waals surface area contributed by atoms with Crippen LogP contribution in [0.5, 0.6) is 0 Å². The minimum atomic E-state index is -0.192. The van der Waals surface area contributed by atoms with E-state index in [4.69, 9.17) is 4.42 Å². The summed E-state index contributed by atoms with van der Waals surface area (Å²) in [7, 11) is 0. The number of carbonyl (C=O) groups excluding carboxylic acids is 2. The van der Waals surface area contributed by atoms with Crippen molar-refractivity contribution < 1.29 is 14.0 Å². The standard InChI is InChI=1S/C21H27N3O3/c1-2-21(11-9-18(25)23-21)12-10-19(26)24-13-5-6-15(14-24)20-22-16-7-3-4-8-17(16)27-20/h3-4,7-8,15H,2,5-6,9-14H2,1H3,(H,23,25). The average Bonchev–Trinajstić information content (AvgIpc) is 3.30. The fraction of sp³-hybridized carbons (Fsp3) is 0.571. The number of piperidine rings is 1. The molecule has 6 heteroatoms. The summed E-state index contributed by atoms with van der Waals surface area (Å²) in [6.07, 6.45) is 5.44. The summed E-state index contributed by atoms with van der Waals surface area (Å²) >= 11 is 0. The molecule has 1 aromatic carbocycles. The lowest BCUT2D eigenvalue weighted by Crippen LogP contribution is -2.44. The van der Waals surface area contributed by atoms with Gasteiger partial charge in [-0.3, -0.25) is 9.59 Å². The van der Waals surface area contributed by atoms with Crippen LogP contribution in [0.1, 0.15) is 63.7 Å². The maximum Gasteiger partial charge on any atom is 0.222 e. The third-order valence-electron chi connectivity index (χ3n) is 6.16. The molecule has 2 atom stereocenters. The van der Waals surface area contributed by atoms with E-state index < -0.39 is 0 Å². The van der Waals surface area contributed by atoms with Crippen LogP contribution in [-0.4, -0.2) is 40.3 Å². The Bertz CT molecular complexity index is 813. The topological polar surface area (TPSA) is 75.4 Å². The SMILES string of the molecule is CCC1(CCC(=O)N2CCCC(c3nc4ccccc4o3)C2)CCC(=O)N1. The summed E-state index contributed by atoms with van der Waals surface area (Å²) in [5.74, 6) is 1.17. The van der Waals surface area contributed by atoms with Crippen molar-refractivity contribution >= 4 is 22.9 Å². The second-order valence-corrected chi connectivity index (χ2v) is 7.88. The highest BCUT2D eigenvalue weighted by Crippen LogP contribution is 2.31. The summed E-state index contributed by atoms with van der Waals surface area (Å²) in [6, 6.07) is 7.78. The van der Waals surface area contributed by atoms with Gasteiger partial charge in [0.25, 0.3) is 0 Å². The Labute approximate surface area is 159 Å². The molecule has 2 amide bonds. The zero-order valence-electron chi connectivity index (χ0n) is 15.9. The Hall–Kier alpha value is -2.37. The van der Waals surface area contributed by atoms with Crippen molar-refractivity contribution in [1.29, 1.82) is 0 Å². The summed E-state index contributed by atoms with van der Waals surface area (Å²) in [5, 5.41) is 3.09. The molecular weight excluding hydrogens is 342 g/mol. The third-order valence-corrected chi connectivity index (χ3v) is 6.16. The van der Waals surface area contributed by atoms with Gasteiger partial charge in [0, 0.05) is 31.5 Å². The average molecular weight is 369 g/mol. The zero-order valence-corrected chi connectivity index (χ0v) is 15.9. The third kappa shape index (κ3) is 3.70. The van der Waals surface area contributed by atoms with Crippen molar-refractivity contribution in [3.8, 4) is 0 Å². The molecule has 0 radical (unpaired) electrons. The van der Waals surface area contributed by atoms with Crippen LogP contribution in [0.25, 0.3) is 11.1 Å². The van der Waals surface area contributed by atoms with E-state index >= 15 is 0 Å². The molecule has 2 saturated heterocycles. The normalized spacial score (nSPS) is 25.7. The molecule has 4 rings (SSSR count). The first-order valence-corrected chi connectivity index (χ1v) is 10.0.